The first kappa shape index (κ1) is 15.1. The lowest BCUT2D eigenvalue weighted by molar-refractivity contribution is -0.175. The predicted molar refractivity (Wildman–Crippen MR) is 61.5 cm³/mol. The molecule has 104 valence electrons. The Labute approximate surface area is 112 Å². The van der Waals surface area contributed by atoms with Crippen LogP contribution in [0.1, 0.15) is 10.4 Å². The molecule has 2 atom stereocenters. The molecule has 0 saturated carbocycles. The Bertz CT molecular complexity index is 577. The van der Waals surface area contributed by atoms with Gasteiger partial charge in [0.25, 0.3) is 6.26 Å². The lowest BCUT2D eigenvalue weighted by atomic mass is 9.87. The highest BCUT2D eigenvalue weighted by Gasteiger charge is 2.59. The van der Waals surface area contributed by atoms with Crippen LogP contribution in [0, 0.1) is 11.5 Å². The molecule has 0 aliphatic heterocycles. The lowest BCUT2D eigenvalue weighted by Crippen LogP contribution is -2.60. The molecule has 1 rings (SSSR count). The molecule has 8 nitrogen and oxygen atoms in total. The average Bonchev–Trinajstić information content (AvgIpc) is 2.43. The molecule has 0 amide bonds. The number of nitrogens with zero attached hydrogens (tertiary/aromatic N) is 1. The number of benzene rings is 1. The zero-order chi connectivity index (χ0) is 15.3. The number of carbonyl (C=O) groups is 3. The number of hydrogen-bond donors (Lipinski definition) is 3. The van der Waals surface area contributed by atoms with Crippen molar-refractivity contribution < 1.29 is 34.4 Å². The molecule has 1 aromatic rings. The quantitative estimate of drug-likeness (QED) is 0.363. The Morgan fingerprint density at radius 3 is 2.15 bits per heavy atom. The van der Waals surface area contributed by atoms with E-state index in [-0.39, 0.29) is 5.56 Å². The third-order valence-electron chi connectivity index (χ3n) is 2.52. The van der Waals surface area contributed by atoms with Gasteiger partial charge in [0.1, 0.15) is 0 Å². The zero-order valence-electron chi connectivity index (χ0n) is 9.89. The van der Waals surface area contributed by atoms with Gasteiger partial charge in [-0.2, -0.15) is 5.26 Å². The second-order valence-corrected chi connectivity index (χ2v) is 3.67. The summed E-state index contributed by atoms with van der Waals surface area (Å²) in [6.07, 6.45) is -1.79. The summed E-state index contributed by atoms with van der Waals surface area (Å²) in [4.78, 5) is 34.2. The maximum atomic E-state index is 12.2. The number of carboxylic acids is 2. The van der Waals surface area contributed by atoms with Crippen molar-refractivity contribution in [3.05, 3.63) is 35.9 Å². The number of carboxylic acid groups (broad SMARTS) is 2. The number of ether oxygens (including phenoxy) is 1. The molecule has 0 fully saturated rings. The van der Waals surface area contributed by atoms with Crippen molar-refractivity contribution in [1.82, 2.24) is 0 Å². The molecule has 0 spiro atoms. The third-order valence-corrected chi connectivity index (χ3v) is 2.52. The van der Waals surface area contributed by atoms with Crippen LogP contribution in [0.2, 0.25) is 0 Å². The molecule has 3 N–H and O–H groups in total. The summed E-state index contributed by atoms with van der Waals surface area (Å²) in [7, 11) is 0. The molecule has 1 aromatic carbocycles. The first-order valence-corrected chi connectivity index (χ1v) is 5.19. The topological polar surface area (TPSA) is 145 Å². The molecule has 0 aromatic heterocycles. The van der Waals surface area contributed by atoms with E-state index in [0.717, 1.165) is 6.26 Å². The van der Waals surface area contributed by atoms with Crippen LogP contribution in [-0.2, 0) is 14.3 Å². The van der Waals surface area contributed by atoms with Gasteiger partial charge >= 0.3 is 17.5 Å². The fourth-order valence-electron chi connectivity index (χ4n) is 1.53. The minimum atomic E-state index is -3.23. The van der Waals surface area contributed by atoms with Gasteiger partial charge in [0.2, 0.25) is 11.9 Å². The monoisotopic (exact) mass is 279 g/mol. The fourth-order valence-corrected chi connectivity index (χ4v) is 1.53. The molecule has 0 radical (unpaired) electrons. The second-order valence-electron chi connectivity index (χ2n) is 3.67. The van der Waals surface area contributed by atoms with Gasteiger partial charge in [-0.3, -0.25) is 4.79 Å². The summed E-state index contributed by atoms with van der Waals surface area (Å²) >= 11 is 0. The minimum absolute atomic E-state index is 0.217. The van der Waals surface area contributed by atoms with Crippen molar-refractivity contribution >= 4 is 17.7 Å². The number of carbonyl (C=O) groups excluding carboxylic acids is 1. The summed E-state index contributed by atoms with van der Waals surface area (Å²) in [6, 6.07) is 6.75. The summed E-state index contributed by atoms with van der Waals surface area (Å²) < 4.78 is 4.16. The van der Waals surface area contributed by atoms with Crippen LogP contribution in [0.5, 0.6) is 0 Å². The highest BCUT2D eigenvalue weighted by Crippen LogP contribution is 2.23. The molecule has 0 heterocycles. The van der Waals surface area contributed by atoms with Gasteiger partial charge in [-0.05, 0) is 0 Å². The number of rotatable bonds is 6. The standard InChI is InChI=1S/C12H9NO7/c13-6-20-12(11(18)19,9(15)10(16)17)8(14)7-4-2-1-3-5-7/h1-5,9,15H,(H,16,17)(H,18,19). The Balaban J connectivity index is 3.44. The first-order chi connectivity index (χ1) is 9.37. The molecular weight excluding hydrogens is 270 g/mol. The number of aliphatic hydroxyl groups is 1. The van der Waals surface area contributed by atoms with Crippen molar-refractivity contribution in [2.24, 2.45) is 0 Å². The summed E-state index contributed by atoms with van der Waals surface area (Å²) in [5, 5.41) is 35.8. The van der Waals surface area contributed by atoms with E-state index < -0.39 is 29.4 Å². The van der Waals surface area contributed by atoms with Gasteiger partial charge in [0.15, 0.2) is 0 Å². The largest absolute Gasteiger partial charge is 0.479 e. The van der Waals surface area contributed by atoms with Gasteiger partial charge < -0.3 is 20.1 Å². The van der Waals surface area contributed by atoms with Crippen LogP contribution in [-0.4, -0.2) is 44.7 Å². The molecule has 8 heteroatoms. The maximum absolute atomic E-state index is 12.2. The minimum Gasteiger partial charge on any atom is -0.479 e. The van der Waals surface area contributed by atoms with Crippen molar-refractivity contribution in [2.45, 2.75) is 11.7 Å². The van der Waals surface area contributed by atoms with E-state index in [2.05, 4.69) is 4.74 Å². The maximum Gasteiger partial charge on any atom is 0.361 e. The number of aliphatic hydroxyl groups excluding tert-OH is 1. The van der Waals surface area contributed by atoms with Crippen LogP contribution >= 0.6 is 0 Å². The highest BCUT2D eigenvalue weighted by atomic mass is 16.5. The first-order valence-electron chi connectivity index (χ1n) is 5.19. The van der Waals surface area contributed by atoms with Gasteiger partial charge in [0.05, 0.1) is 0 Å². The van der Waals surface area contributed by atoms with E-state index in [9.17, 15) is 19.5 Å². The van der Waals surface area contributed by atoms with E-state index in [1.54, 1.807) is 0 Å². The van der Waals surface area contributed by atoms with Gasteiger partial charge in [-0.25, -0.2) is 9.59 Å². The van der Waals surface area contributed by atoms with Gasteiger partial charge in [-0.15, -0.1) is 0 Å². The predicted octanol–water partition coefficient (Wildman–Crippen LogP) is -0.364. The molecule has 20 heavy (non-hydrogen) atoms. The van der Waals surface area contributed by atoms with E-state index in [0.29, 0.717) is 0 Å². The lowest BCUT2D eigenvalue weighted by Gasteiger charge is -2.27. The average molecular weight is 279 g/mol. The van der Waals surface area contributed by atoms with Gasteiger partial charge in [0, 0.05) is 5.56 Å². The molecule has 0 saturated heterocycles. The van der Waals surface area contributed by atoms with Crippen molar-refractivity contribution in [2.75, 3.05) is 0 Å². The highest BCUT2D eigenvalue weighted by molar-refractivity contribution is 6.18. The Morgan fingerprint density at radius 1 is 1.20 bits per heavy atom. The summed E-state index contributed by atoms with van der Waals surface area (Å²) in [6.45, 7) is 0. The van der Waals surface area contributed by atoms with E-state index in [1.165, 1.54) is 30.3 Å². The third kappa shape index (κ3) is 2.43. The van der Waals surface area contributed by atoms with Crippen LogP contribution < -0.4 is 0 Å². The number of hydrogen-bond acceptors (Lipinski definition) is 6. The number of aliphatic carboxylic acids is 2. The van der Waals surface area contributed by atoms with E-state index in [1.807, 2.05) is 0 Å². The van der Waals surface area contributed by atoms with Crippen molar-refractivity contribution in [3.8, 4) is 6.26 Å². The summed E-state index contributed by atoms with van der Waals surface area (Å²) in [5.74, 6) is -5.43. The molecule has 0 aliphatic carbocycles. The Kier molecular flexibility index (Phi) is 4.40. The Morgan fingerprint density at radius 2 is 1.75 bits per heavy atom. The van der Waals surface area contributed by atoms with Crippen LogP contribution in [0.25, 0.3) is 0 Å². The number of ketones is 1. The SMILES string of the molecule is N#COC(C(=O)O)(C(=O)c1ccccc1)C(O)C(=O)O. The van der Waals surface area contributed by atoms with Crippen molar-refractivity contribution in [1.29, 1.82) is 5.26 Å². The van der Waals surface area contributed by atoms with Crippen LogP contribution in [0.15, 0.2) is 30.3 Å². The van der Waals surface area contributed by atoms with Crippen molar-refractivity contribution in [3.63, 3.8) is 0 Å². The molecule has 0 bridgehead atoms. The smallest absolute Gasteiger partial charge is 0.361 e. The van der Waals surface area contributed by atoms with Gasteiger partial charge in [-0.1, -0.05) is 30.3 Å². The van der Waals surface area contributed by atoms with E-state index in [4.69, 9.17) is 15.5 Å². The Hall–Kier alpha value is -2.92. The second kappa shape index (κ2) is 5.81. The summed E-state index contributed by atoms with van der Waals surface area (Å²) in [5.41, 5.74) is -3.45. The molecular formula is C12H9NO7. The number of Topliss-reactive ketones (excluding diaryl/α,β-unsaturated/α-hetero) is 1. The normalized spacial score (nSPS) is 14.4. The van der Waals surface area contributed by atoms with E-state index >= 15 is 0 Å². The molecule has 0 aliphatic rings. The van der Waals surface area contributed by atoms with Crippen LogP contribution in [0.4, 0.5) is 0 Å². The van der Waals surface area contributed by atoms with Crippen LogP contribution in [0.3, 0.4) is 0 Å². The molecule has 2 unspecified atom stereocenters. The fraction of sp³-hybridized carbons (Fsp3) is 0.167. The zero-order valence-corrected chi connectivity index (χ0v) is 9.89. The number of nitriles is 1.